The first-order chi connectivity index (χ1) is 11.8. The number of nitriles is 1. The Labute approximate surface area is 149 Å². The molecule has 1 aromatic rings. The number of nitrogens with zero attached hydrogens (tertiary/aromatic N) is 4. The van der Waals surface area contributed by atoms with Gasteiger partial charge in [-0.2, -0.15) is 5.26 Å². The minimum Gasteiger partial charge on any atom is -0.356 e. The van der Waals surface area contributed by atoms with Gasteiger partial charge in [0.05, 0.1) is 17.4 Å². The second kappa shape index (κ2) is 6.53. The molecule has 0 fully saturated rings. The van der Waals surface area contributed by atoms with Gasteiger partial charge in [0.1, 0.15) is 6.04 Å². The van der Waals surface area contributed by atoms with Crippen molar-refractivity contribution in [3.8, 4) is 6.07 Å². The van der Waals surface area contributed by atoms with E-state index in [9.17, 15) is 10.4 Å². The van der Waals surface area contributed by atoms with Crippen molar-refractivity contribution >= 4 is 17.6 Å². The zero-order chi connectivity index (χ0) is 18.2. The van der Waals surface area contributed by atoms with Gasteiger partial charge in [-0.15, -0.1) is 0 Å². The van der Waals surface area contributed by atoms with Crippen molar-refractivity contribution in [3.63, 3.8) is 0 Å². The van der Waals surface area contributed by atoms with Crippen molar-refractivity contribution < 1.29 is 5.11 Å². The number of aliphatic imine (C=N–C) groups is 1. The van der Waals surface area contributed by atoms with Crippen molar-refractivity contribution in [2.75, 3.05) is 23.4 Å². The second-order valence-electron chi connectivity index (χ2n) is 8.06. The molecule has 132 valence electrons. The lowest BCUT2D eigenvalue weighted by molar-refractivity contribution is 0.166. The van der Waals surface area contributed by atoms with Gasteiger partial charge in [0.2, 0.25) is 6.35 Å². The fourth-order valence-electron chi connectivity index (χ4n) is 3.48. The Morgan fingerprint density at radius 1 is 1.32 bits per heavy atom. The molecule has 0 amide bonds. The van der Waals surface area contributed by atoms with E-state index < -0.39 is 6.35 Å². The standard InChI is InChI=1S/C20H26N4O/c1-20(2,3)13-24-17-8-7-15(11-18(17)23(4)19(24)25)14-6-5-9-22-16(10-14)12-21/h5-9,11,14,16,19,25H,10,13H2,1-4H3. The Balaban J connectivity index is 1.91. The molecule has 5 nitrogen and oxygen atoms in total. The molecule has 0 bridgehead atoms. The average molecular weight is 338 g/mol. The fraction of sp³-hybridized carbons (Fsp3) is 0.500. The monoisotopic (exact) mass is 338 g/mol. The van der Waals surface area contributed by atoms with Crippen molar-refractivity contribution in [3.05, 3.63) is 35.9 Å². The number of rotatable bonds is 2. The smallest absolute Gasteiger partial charge is 0.207 e. The Kier molecular flexibility index (Phi) is 4.57. The van der Waals surface area contributed by atoms with E-state index in [0.29, 0.717) is 6.42 Å². The molecule has 3 atom stereocenters. The molecule has 5 heteroatoms. The summed E-state index contributed by atoms with van der Waals surface area (Å²) in [4.78, 5) is 8.19. The first-order valence-electron chi connectivity index (χ1n) is 8.71. The van der Waals surface area contributed by atoms with Gasteiger partial charge in [-0.05, 0) is 35.6 Å². The summed E-state index contributed by atoms with van der Waals surface area (Å²) in [6.45, 7) is 7.29. The highest BCUT2D eigenvalue weighted by Gasteiger charge is 2.34. The third-order valence-electron chi connectivity index (χ3n) is 4.71. The molecule has 1 N–H and O–H groups in total. The summed E-state index contributed by atoms with van der Waals surface area (Å²) in [6.07, 6.45) is 5.76. The number of allylic oxidation sites excluding steroid dienone is 2. The normalized spacial score (nSPS) is 25.7. The molecule has 25 heavy (non-hydrogen) atoms. The van der Waals surface area contributed by atoms with Crippen molar-refractivity contribution in [2.24, 2.45) is 10.4 Å². The van der Waals surface area contributed by atoms with E-state index in [0.717, 1.165) is 23.5 Å². The number of benzene rings is 1. The number of aliphatic hydroxyl groups excluding tert-OH is 1. The van der Waals surface area contributed by atoms with E-state index in [1.54, 1.807) is 6.21 Å². The summed E-state index contributed by atoms with van der Waals surface area (Å²) in [5.74, 6) is 0.152. The molecular weight excluding hydrogens is 312 g/mol. The maximum absolute atomic E-state index is 10.6. The molecule has 3 rings (SSSR count). The van der Waals surface area contributed by atoms with Crippen LogP contribution >= 0.6 is 0 Å². The quantitative estimate of drug-likeness (QED) is 0.899. The predicted molar refractivity (Wildman–Crippen MR) is 102 cm³/mol. The largest absolute Gasteiger partial charge is 0.356 e. The second-order valence-corrected chi connectivity index (χ2v) is 8.06. The maximum Gasteiger partial charge on any atom is 0.207 e. The van der Waals surface area contributed by atoms with Crippen LogP contribution in [-0.2, 0) is 0 Å². The van der Waals surface area contributed by atoms with Crippen LogP contribution in [0.4, 0.5) is 11.4 Å². The molecule has 0 radical (unpaired) electrons. The van der Waals surface area contributed by atoms with Crippen LogP contribution in [0.3, 0.4) is 0 Å². The summed E-state index contributed by atoms with van der Waals surface area (Å²) in [6, 6.07) is 8.27. The van der Waals surface area contributed by atoms with Gasteiger partial charge in [-0.1, -0.05) is 32.9 Å². The molecule has 2 heterocycles. The molecule has 0 spiro atoms. The van der Waals surface area contributed by atoms with Gasteiger partial charge in [-0.3, -0.25) is 4.99 Å². The highest BCUT2D eigenvalue weighted by molar-refractivity contribution is 5.78. The minimum absolute atomic E-state index is 0.0868. The van der Waals surface area contributed by atoms with Gasteiger partial charge in [0.15, 0.2) is 0 Å². The van der Waals surface area contributed by atoms with E-state index in [1.807, 2.05) is 22.9 Å². The molecule has 0 aromatic heterocycles. The molecule has 0 saturated carbocycles. The predicted octanol–water partition coefficient (Wildman–Crippen LogP) is 3.27. The molecule has 2 aliphatic rings. The fourth-order valence-corrected chi connectivity index (χ4v) is 3.48. The van der Waals surface area contributed by atoms with Gasteiger partial charge in [-0.25, -0.2) is 0 Å². The summed E-state index contributed by atoms with van der Waals surface area (Å²) in [7, 11) is 1.92. The third kappa shape index (κ3) is 3.54. The Hall–Kier alpha value is -2.32. The van der Waals surface area contributed by atoms with Crippen LogP contribution in [0.2, 0.25) is 0 Å². The van der Waals surface area contributed by atoms with Crippen LogP contribution in [0.15, 0.2) is 35.3 Å². The summed E-state index contributed by atoms with van der Waals surface area (Å²) in [5, 5.41) is 19.9. The van der Waals surface area contributed by atoms with Crippen LogP contribution in [0.1, 0.15) is 38.7 Å². The van der Waals surface area contributed by atoms with E-state index in [4.69, 9.17) is 0 Å². The first-order valence-corrected chi connectivity index (χ1v) is 8.71. The number of aliphatic hydroxyl groups is 1. The SMILES string of the molecule is CN1c2cc(C3C=CC=NC(C#N)C3)ccc2N(CC(C)(C)C)C1O. The maximum atomic E-state index is 10.6. The third-order valence-corrected chi connectivity index (χ3v) is 4.71. The van der Waals surface area contributed by atoms with E-state index in [1.165, 1.54) is 0 Å². The molecule has 1 aromatic carbocycles. The number of hydrogen-bond donors (Lipinski definition) is 1. The lowest BCUT2D eigenvalue weighted by Crippen LogP contribution is -2.44. The Morgan fingerprint density at radius 2 is 2.08 bits per heavy atom. The van der Waals surface area contributed by atoms with Crippen LogP contribution in [0, 0.1) is 16.7 Å². The zero-order valence-electron chi connectivity index (χ0n) is 15.3. The Bertz CT molecular complexity index is 741. The van der Waals surface area contributed by atoms with Crippen molar-refractivity contribution in [1.29, 1.82) is 5.26 Å². The number of anilines is 2. The Morgan fingerprint density at radius 3 is 2.76 bits per heavy atom. The van der Waals surface area contributed by atoms with Crippen LogP contribution in [0.5, 0.6) is 0 Å². The first kappa shape index (κ1) is 17.5. The number of hydrogen-bond acceptors (Lipinski definition) is 5. The zero-order valence-corrected chi connectivity index (χ0v) is 15.3. The lowest BCUT2D eigenvalue weighted by atomic mass is 9.91. The van der Waals surface area contributed by atoms with Gasteiger partial charge >= 0.3 is 0 Å². The van der Waals surface area contributed by atoms with Crippen molar-refractivity contribution in [2.45, 2.75) is 45.5 Å². The summed E-state index contributed by atoms with van der Waals surface area (Å²) < 4.78 is 0. The molecule has 3 unspecified atom stereocenters. The van der Waals surface area contributed by atoms with E-state index in [-0.39, 0.29) is 17.4 Å². The molecule has 0 saturated heterocycles. The van der Waals surface area contributed by atoms with Crippen LogP contribution < -0.4 is 9.80 Å². The molecular formula is C20H26N4O. The highest BCUT2D eigenvalue weighted by atomic mass is 16.3. The van der Waals surface area contributed by atoms with E-state index >= 15 is 0 Å². The van der Waals surface area contributed by atoms with E-state index in [2.05, 4.69) is 56.1 Å². The summed E-state index contributed by atoms with van der Waals surface area (Å²) in [5.41, 5.74) is 3.32. The topological polar surface area (TPSA) is 62.9 Å². The molecule has 2 aliphatic heterocycles. The van der Waals surface area contributed by atoms with Crippen molar-refractivity contribution in [1.82, 2.24) is 0 Å². The van der Waals surface area contributed by atoms with Crippen LogP contribution in [0.25, 0.3) is 0 Å². The number of fused-ring (bicyclic) bond motifs is 1. The van der Waals surface area contributed by atoms with Gasteiger partial charge in [0, 0.05) is 25.7 Å². The lowest BCUT2D eigenvalue weighted by Gasteiger charge is -2.32. The molecule has 0 aliphatic carbocycles. The van der Waals surface area contributed by atoms with Gasteiger partial charge in [0.25, 0.3) is 0 Å². The van der Waals surface area contributed by atoms with Crippen LogP contribution in [-0.4, -0.2) is 37.3 Å². The minimum atomic E-state index is -0.649. The average Bonchev–Trinajstić information content (AvgIpc) is 2.76. The van der Waals surface area contributed by atoms with Gasteiger partial charge < -0.3 is 14.9 Å². The summed E-state index contributed by atoms with van der Waals surface area (Å²) >= 11 is 0. The highest BCUT2D eigenvalue weighted by Crippen LogP contribution is 2.42.